The van der Waals surface area contributed by atoms with Crippen molar-refractivity contribution in [1.82, 2.24) is 0 Å². The summed E-state index contributed by atoms with van der Waals surface area (Å²) in [7, 11) is 0. The Labute approximate surface area is 202 Å². The maximum Gasteiger partial charge on any atom is 0.342 e. The smallest absolute Gasteiger partial charge is 0.342 e. The van der Waals surface area contributed by atoms with Crippen molar-refractivity contribution < 1.29 is 27.9 Å². The number of ketones is 1. The van der Waals surface area contributed by atoms with Crippen molar-refractivity contribution in [2.75, 3.05) is 5.06 Å². The van der Waals surface area contributed by atoms with Crippen molar-refractivity contribution in [2.45, 2.75) is 50.9 Å². The van der Waals surface area contributed by atoms with Crippen LogP contribution in [-0.4, -0.2) is 23.5 Å². The van der Waals surface area contributed by atoms with Crippen molar-refractivity contribution in [3.8, 4) is 0 Å². The molecule has 2 heterocycles. The number of nitrogens with zero attached hydrogens (tertiary/aromatic N) is 1. The van der Waals surface area contributed by atoms with Crippen LogP contribution in [-0.2, 0) is 19.2 Å². The zero-order valence-electron chi connectivity index (χ0n) is 19.5. The zero-order chi connectivity index (χ0) is 24.5. The summed E-state index contributed by atoms with van der Waals surface area (Å²) in [5.41, 5.74) is 0.798. The van der Waals surface area contributed by atoms with Crippen LogP contribution in [0.1, 0.15) is 44.7 Å². The molecule has 5 atom stereocenters. The van der Waals surface area contributed by atoms with Crippen LogP contribution in [0.25, 0.3) is 0 Å². The van der Waals surface area contributed by atoms with Gasteiger partial charge >= 0.3 is 5.97 Å². The first kappa shape index (κ1) is 22.2. The monoisotopic (exact) mass is 477 g/mol. The third-order valence-electron chi connectivity index (χ3n) is 8.12. The molecule has 2 aromatic carbocycles. The minimum Gasteiger partial charge on any atom is -0.455 e. The van der Waals surface area contributed by atoms with Crippen molar-refractivity contribution >= 4 is 17.4 Å². The van der Waals surface area contributed by atoms with Gasteiger partial charge < -0.3 is 4.74 Å². The van der Waals surface area contributed by atoms with Gasteiger partial charge in [-0.25, -0.2) is 18.6 Å². The molecule has 5 nitrogen and oxygen atoms in total. The van der Waals surface area contributed by atoms with Crippen LogP contribution in [0.15, 0.2) is 71.8 Å². The van der Waals surface area contributed by atoms with E-state index in [0.717, 1.165) is 18.1 Å². The van der Waals surface area contributed by atoms with E-state index in [2.05, 4.69) is 6.92 Å². The molecule has 4 aliphatic rings. The largest absolute Gasteiger partial charge is 0.455 e. The van der Waals surface area contributed by atoms with Gasteiger partial charge in [0.25, 0.3) is 0 Å². The molecule has 1 spiro atoms. The van der Waals surface area contributed by atoms with E-state index in [9.17, 15) is 18.4 Å². The van der Waals surface area contributed by atoms with Crippen LogP contribution in [0.3, 0.4) is 0 Å². The molecule has 0 radical (unpaired) electrons. The second-order valence-electron chi connectivity index (χ2n) is 10.2. The molecule has 2 saturated heterocycles. The summed E-state index contributed by atoms with van der Waals surface area (Å²) >= 11 is 0. The molecule has 0 aromatic heterocycles. The molecule has 35 heavy (non-hydrogen) atoms. The first-order chi connectivity index (χ1) is 16.7. The van der Waals surface area contributed by atoms with Crippen LogP contribution >= 0.6 is 0 Å². The van der Waals surface area contributed by atoms with E-state index in [-0.39, 0.29) is 23.5 Å². The number of halogens is 2. The van der Waals surface area contributed by atoms with Gasteiger partial charge in [-0.15, -0.1) is 0 Å². The number of carbonyl (C=O) groups is 2. The Morgan fingerprint density at radius 3 is 2.49 bits per heavy atom. The summed E-state index contributed by atoms with van der Waals surface area (Å²) < 4.78 is 34.4. The lowest BCUT2D eigenvalue weighted by molar-refractivity contribution is -0.157. The highest BCUT2D eigenvalue weighted by Gasteiger charge is 2.68. The number of hydroxylamine groups is 1. The van der Waals surface area contributed by atoms with Gasteiger partial charge in [-0.05, 0) is 61.2 Å². The minimum absolute atomic E-state index is 0.0820. The lowest BCUT2D eigenvalue weighted by Gasteiger charge is -2.44. The molecule has 7 heteroatoms. The van der Waals surface area contributed by atoms with E-state index < -0.39 is 35.4 Å². The number of benzene rings is 2. The molecule has 2 aliphatic heterocycles. The standard InChI is InChI=1S/C28H25F2NO4/c1-16-23(32)9-11-27(2)10-8-21-25(24(16)27)34-26(33)28(21)15-22(17-12-18(29)14-19(30)13-17)31(35-28)20-6-4-3-5-7-20/h3-7,9,11-14,21-22,25H,8,10,15H2,1-2H3/t21-,22+,25+,27+,28?/m1/s1. The number of hydrogen-bond donors (Lipinski definition) is 0. The summed E-state index contributed by atoms with van der Waals surface area (Å²) in [6, 6.07) is 12.0. The van der Waals surface area contributed by atoms with Crippen LogP contribution in [0, 0.1) is 23.0 Å². The van der Waals surface area contributed by atoms with Crippen molar-refractivity contribution in [2.24, 2.45) is 11.3 Å². The third-order valence-corrected chi connectivity index (χ3v) is 8.12. The van der Waals surface area contributed by atoms with Gasteiger partial charge in [-0.1, -0.05) is 31.2 Å². The Kier molecular flexibility index (Phi) is 4.81. The highest BCUT2D eigenvalue weighted by atomic mass is 19.1. The molecule has 0 amide bonds. The quantitative estimate of drug-likeness (QED) is 0.544. The lowest BCUT2D eigenvalue weighted by atomic mass is 9.60. The average molecular weight is 478 g/mol. The summed E-state index contributed by atoms with van der Waals surface area (Å²) in [5, 5.41) is 1.58. The molecule has 1 saturated carbocycles. The number of esters is 1. The van der Waals surface area contributed by atoms with E-state index in [1.165, 1.54) is 12.1 Å². The predicted octanol–water partition coefficient (Wildman–Crippen LogP) is 5.38. The molecule has 0 N–H and O–H groups in total. The fourth-order valence-electron chi connectivity index (χ4n) is 6.40. The number of hydrogen-bond acceptors (Lipinski definition) is 5. The van der Waals surface area contributed by atoms with Gasteiger partial charge in [0.2, 0.25) is 5.60 Å². The summed E-state index contributed by atoms with van der Waals surface area (Å²) in [4.78, 5) is 32.6. The summed E-state index contributed by atoms with van der Waals surface area (Å²) in [5.74, 6) is -2.30. The maximum absolute atomic E-state index is 14.2. The van der Waals surface area contributed by atoms with E-state index >= 15 is 0 Å². The van der Waals surface area contributed by atoms with Gasteiger partial charge in [0, 0.05) is 29.4 Å². The lowest BCUT2D eigenvalue weighted by Crippen LogP contribution is -2.47. The van der Waals surface area contributed by atoms with Gasteiger partial charge in [0.15, 0.2) is 5.78 Å². The molecular formula is C28H25F2NO4. The molecule has 3 fully saturated rings. The van der Waals surface area contributed by atoms with E-state index in [0.29, 0.717) is 23.2 Å². The van der Waals surface area contributed by atoms with Crippen LogP contribution in [0.5, 0.6) is 0 Å². The van der Waals surface area contributed by atoms with Gasteiger partial charge in [-0.3, -0.25) is 9.63 Å². The molecular weight excluding hydrogens is 452 g/mol. The Morgan fingerprint density at radius 1 is 1.06 bits per heavy atom. The van der Waals surface area contributed by atoms with Crippen LogP contribution < -0.4 is 5.06 Å². The number of anilines is 1. The van der Waals surface area contributed by atoms with E-state index in [4.69, 9.17) is 9.57 Å². The second-order valence-corrected chi connectivity index (χ2v) is 10.2. The molecule has 0 bridgehead atoms. The summed E-state index contributed by atoms with van der Waals surface area (Å²) in [6.07, 6.45) is 4.49. The highest BCUT2D eigenvalue weighted by molar-refractivity contribution is 6.06. The zero-order valence-corrected chi connectivity index (χ0v) is 19.5. The molecule has 180 valence electrons. The normalized spacial score (nSPS) is 33.8. The Morgan fingerprint density at radius 2 is 1.77 bits per heavy atom. The van der Waals surface area contributed by atoms with E-state index in [1.807, 2.05) is 36.4 Å². The predicted molar refractivity (Wildman–Crippen MR) is 124 cm³/mol. The third kappa shape index (κ3) is 3.21. The molecule has 2 aliphatic carbocycles. The fourth-order valence-corrected chi connectivity index (χ4v) is 6.40. The Bertz CT molecular complexity index is 1290. The average Bonchev–Trinajstić information content (AvgIpc) is 3.35. The van der Waals surface area contributed by atoms with Crippen LogP contribution in [0.4, 0.5) is 14.5 Å². The first-order valence-electron chi connectivity index (χ1n) is 11.9. The molecule has 6 rings (SSSR count). The number of ether oxygens (including phenoxy) is 1. The number of para-hydroxylation sites is 1. The number of rotatable bonds is 2. The van der Waals surface area contributed by atoms with Crippen molar-refractivity contribution in [3.63, 3.8) is 0 Å². The number of allylic oxidation sites excluding steroid dienone is 3. The van der Waals surface area contributed by atoms with Crippen LogP contribution in [0.2, 0.25) is 0 Å². The molecule has 1 unspecified atom stereocenters. The maximum atomic E-state index is 14.2. The van der Waals surface area contributed by atoms with Gasteiger partial charge in [0.05, 0.1) is 11.7 Å². The Balaban J connectivity index is 1.45. The number of carbonyl (C=O) groups excluding carboxylic acids is 2. The SMILES string of the molecule is CC1=C2[C@H]3OC(=O)C4(C[C@@H](c5cc(F)cc(F)c5)N(c5ccccc5)O4)[C@@H]3CC[C@@]2(C)C=CC1=O. The topological polar surface area (TPSA) is 55.8 Å². The first-order valence-corrected chi connectivity index (χ1v) is 11.9. The van der Waals surface area contributed by atoms with Crippen molar-refractivity contribution in [1.29, 1.82) is 0 Å². The summed E-state index contributed by atoms with van der Waals surface area (Å²) in [6.45, 7) is 3.85. The van der Waals surface area contributed by atoms with Gasteiger partial charge in [-0.2, -0.15) is 0 Å². The highest BCUT2D eigenvalue weighted by Crippen LogP contribution is 2.59. The minimum atomic E-state index is -1.33. The molecule has 2 aromatic rings. The number of fused-ring (bicyclic) bond motifs is 4. The Hall–Kier alpha value is -3.32. The van der Waals surface area contributed by atoms with Gasteiger partial charge in [0.1, 0.15) is 17.7 Å². The van der Waals surface area contributed by atoms with Crippen molar-refractivity contribution in [3.05, 3.63) is 89.0 Å². The van der Waals surface area contributed by atoms with E-state index in [1.54, 1.807) is 18.1 Å². The second kappa shape index (κ2) is 7.59. The fraction of sp³-hybridized carbons (Fsp3) is 0.357.